The molecule has 0 bridgehead atoms. The van der Waals surface area contributed by atoms with Crippen LogP contribution in [0, 0.1) is 5.92 Å². The molecular weight excluding hydrogens is 296 g/mol. The van der Waals surface area contributed by atoms with E-state index in [9.17, 15) is 13.2 Å². The van der Waals surface area contributed by atoms with Gasteiger partial charge in [0.2, 0.25) is 10.0 Å². The molecule has 116 valence electrons. The summed E-state index contributed by atoms with van der Waals surface area (Å²) in [6.07, 6.45) is 0.809. The molecule has 3 N–H and O–H groups in total. The molecule has 1 fully saturated rings. The third kappa shape index (κ3) is 3.72. The fourth-order valence-electron chi connectivity index (χ4n) is 2.09. The number of carbonyl (C=O) groups is 1. The van der Waals surface area contributed by atoms with Crippen LogP contribution in [-0.4, -0.2) is 41.3 Å². The minimum atomic E-state index is -3.84. The van der Waals surface area contributed by atoms with Gasteiger partial charge in [-0.15, -0.1) is 0 Å². The van der Waals surface area contributed by atoms with Crippen LogP contribution in [0.15, 0.2) is 23.1 Å². The van der Waals surface area contributed by atoms with Gasteiger partial charge in [-0.3, -0.25) is 0 Å². The van der Waals surface area contributed by atoms with E-state index >= 15 is 0 Å². The topological polar surface area (TPSA) is 108 Å². The van der Waals surface area contributed by atoms with Gasteiger partial charge in [0.05, 0.1) is 24.2 Å². The molecule has 0 amide bonds. The molecule has 0 aromatic heterocycles. The Morgan fingerprint density at radius 3 is 2.90 bits per heavy atom. The largest absolute Gasteiger partial charge is 0.465 e. The van der Waals surface area contributed by atoms with Gasteiger partial charge >= 0.3 is 5.97 Å². The standard InChI is InChI=1S/C13H18N2O5S/c1-19-13(16)11-3-2-10(14)6-12(11)21(17,18)15-7-9-4-5-20-8-9/h2-3,6,9,15H,4-5,7-8,14H2,1H3. The van der Waals surface area contributed by atoms with E-state index in [4.69, 9.17) is 10.5 Å². The number of nitrogens with one attached hydrogen (secondary N) is 1. The van der Waals surface area contributed by atoms with Gasteiger partial charge in [-0.1, -0.05) is 0 Å². The second kappa shape index (κ2) is 6.42. The lowest BCUT2D eigenvalue weighted by Crippen LogP contribution is -2.31. The van der Waals surface area contributed by atoms with Crippen molar-refractivity contribution in [1.82, 2.24) is 4.72 Å². The molecule has 0 aliphatic carbocycles. The van der Waals surface area contributed by atoms with Crippen molar-refractivity contribution in [2.45, 2.75) is 11.3 Å². The van der Waals surface area contributed by atoms with E-state index < -0.39 is 16.0 Å². The van der Waals surface area contributed by atoms with E-state index in [-0.39, 0.29) is 28.6 Å². The van der Waals surface area contributed by atoms with Gasteiger partial charge in [0.15, 0.2) is 0 Å². The molecule has 1 aromatic rings. The smallest absolute Gasteiger partial charge is 0.339 e. The third-order valence-electron chi connectivity index (χ3n) is 3.29. The van der Waals surface area contributed by atoms with Crippen molar-refractivity contribution in [2.75, 3.05) is 32.6 Å². The van der Waals surface area contributed by atoms with Crippen LogP contribution in [0.3, 0.4) is 0 Å². The van der Waals surface area contributed by atoms with Crippen LogP contribution in [0.1, 0.15) is 16.8 Å². The molecule has 2 rings (SSSR count). The number of rotatable bonds is 5. The molecule has 0 saturated carbocycles. The van der Waals surface area contributed by atoms with E-state index in [1.807, 2.05) is 0 Å². The molecule has 1 aromatic carbocycles. The average molecular weight is 314 g/mol. The van der Waals surface area contributed by atoms with Crippen molar-refractivity contribution in [3.8, 4) is 0 Å². The summed E-state index contributed by atoms with van der Waals surface area (Å²) in [5.74, 6) is -0.581. The molecule has 1 heterocycles. The maximum atomic E-state index is 12.4. The lowest BCUT2D eigenvalue weighted by Gasteiger charge is -2.13. The van der Waals surface area contributed by atoms with E-state index in [1.54, 1.807) is 0 Å². The number of nitrogen functional groups attached to an aromatic ring is 1. The predicted molar refractivity (Wildman–Crippen MR) is 76.3 cm³/mol. The lowest BCUT2D eigenvalue weighted by atomic mass is 10.1. The highest BCUT2D eigenvalue weighted by Crippen LogP contribution is 2.21. The Kier molecular flexibility index (Phi) is 4.81. The number of sulfonamides is 1. The van der Waals surface area contributed by atoms with Crippen LogP contribution in [0.4, 0.5) is 5.69 Å². The van der Waals surface area contributed by atoms with Gasteiger partial charge in [0.25, 0.3) is 0 Å². The van der Waals surface area contributed by atoms with E-state index in [2.05, 4.69) is 9.46 Å². The number of hydrogen-bond acceptors (Lipinski definition) is 6. The first-order valence-corrected chi connectivity index (χ1v) is 7.97. The maximum absolute atomic E-state index is 12.4. The van der Waals surface area contributed by atoms with Crippen LogP contribution in [0.5, 0.6) is 0 Å². The minimum Gasteiger partial charge on any atom is -0.465 e. The minimum absolute atomic E-state index is 0.0399. The highest BCUT2D eigenvalue weighted by molar-refractivity contribution is 7.89. The summed E-state index contributed by atoms with van der Waals surface area (Å²) in [5.41, 5.74) is 5.84. The number of hydrogen-bond donors (Lipinski definition) is 2. The Morgan fingerprint density at radius 1 is 1.52 bits per heavy atom. The number of esters is 1. The molecule has 8 heteroatoms. The van der Waals surface area contributed by atoms with Gasteiger partial charge in [-0.25, -0.2) is 17.9 Å². The van der Waals surface area contributed by atoms with E-state index in [1.165, 1.54) is 25.3 Å². The molecular formula is C13H18N2O5S. The second-order valence-corrected chi connectivity index (χ2v) is 6.56. The first-order chi connectivity index (χ1) is 9.94. The van der Waals surface area contributed by atoms with Gasteiger partial charge < -0.3 is 15.2 Å². The number of nitrogens with two attached hydrogens (primary N) is 1. The van der Waals surface area contributed by atoms with E-state index in [0.717, 1.165) is 6.42 Å². The number of anilines is 1. The zero-order valence-electron chi connectivity index (χ0n) is 11.7. The number of ether oxygens (including phenoxy) is 2. The summed E-state index contributed by atoms with van der Waals surface area (Å²) in [7, 11) is -2.65. The first-order valence-electron chi connectivity index (χ1n) is 6.49. The molecule has 0 radical (unpaired) electrons. The van der Waals surface area contributed by atoms with Crippen LogP contribution in [0.25, 0.3) is 0 Å². The molecule has 1 aliphatic rings. The monoisotopic (exact) mass is 314 g/mol. The van der Waals surface area contributed by atoms with Gasteiger partial charge in [-0.2, -0.15) is 0 Å². The summed E-state index contributed by atoms with van der Waals surface area (Å²) in [6, 6.07) is 4.05. The van der Waals surface area contributed by atoms with Crippen molar-refractivity contribution in [3.63, 3.8) is 0 Å². The quantitative estimate of drug-likeness (QED) is 0.600. The van der Waals surface area contributed by atoms with Crippen LogP contribution >= 0.6 is 0 Å². The summed E-state index contributed by atoms with van der Waals surface area (Å²) >= 11 is 0. The van der Waals surface area contributed by atoms with Crippen molar-refractivity contribution in [1.29, 1.82) is 0 Å². The lowest BCUT2D eigenvalue weighted by molar-refractivity contribution is 0.0596. The van der Waals surface area contributed by atoms with Crippen molar-refractivity contribution >= 4 is 21.7 Å². The zero-order chi connectivity index (χ0) is 15.5. The van der Waals surface area contributed by atoms with Gasteiger partial charge in [0, 0.05) is 18.8 Å². The van der Waals surface area contributed by atoms with Gasteiger partial charge in [-0.05, 0) is 30.5 Å². The van der Waals surface area contributed by atoms with E-state index in [0.29, 0.717) is 13.2 Å². The summed E-state index contributed by atoms with van der Waals surface area (Å²) in [6.45, 7) is 1.43. The molecule has 1 aliphatic heterocycles. The summed E-state index contributed by atoms with van der Waals surface area (Å²) in [5, 5.41) is 0. The Balaban J connectivity index is 2.25. The molecule has 21 heavy (non-hydrogen) atoms. The van der Waals surface area contributed by atoms with Crippen LogP contribution in [-0.2, 0) is 19.5 Å². The first kappa shape index (κ1) is 15.7. The molecule has 1 unspecified atom stereocenters. The molecule has 0 spiro atoms. The Labute approximate surface area is 123 Å². The number of benzene rings is 1. The molecule has 7 nitrogen and oxygen atoms in total. The fraction of sp³-hybridized carbons (Fsp3) is 0.462. The zero-order valence-corrected chi connectivity index (χ0v) is 12.5. The predicted octanol–water partition coefficient (Wildman–Crippen LogP) is 0.370. The maximum Gasteiger partial charge on any atom is 0.339 e. The van der Waals surface area contributed by atoms with Gasteiger partial charge in [0.1, 0.15) is 0 Å². The summed E-state index contributed by atoms with van der Waals surface area (Å²) < 4.78 is 37.0. The average Bonchev–Trinajstić information content (AvgIpc) is 2.98. The highest BCUT2D eigenvalue weighted by Gasteiger charge is 2.25. The number of methoxy groups -OCH3 is 1. The Morgan fingerprint density at radius 2 is 2.29 bits per heavy atom. The Hall–Kier alpha value is -1.64. The fourth-order valence-corrected chi connectivity index (χ4v) is 3.43. The second-order valence-electron chi connectivity index (χ2n) is 4.83. The highest BCUT2D eigenvalue weighted by atomic mass is 32.2. The van der Waals surface area contributed by atoms with Crippen LogP contribution in [0.2, 0.25) is 0 Å². The van der Waals surface area contributed by atoms with Crippen molar-refractivity contribution in [3.05, 3.63) is 23.8 Å². The Bertz CT molecular complexity index is 623. The molecule has 1 saturated heterocycles. The third-order valence-corrected chi connectivity index (χ3v) is 4.75. The van der Waals surface area contributed by atoms with Crippen molar-refractivity contribution < 1.29 is 22.7 Å². The van der Waals surface area contributed by atoms with Crippen LogP contribution < -0.4 is 10.5 Å². The number of carbonyl (C=O) groups excluding carboxylic acids is 1. The summed E-state index contributed by atoms with van der Waals surface area (Å²) in [4.78, 5) is 11.5. The SMILES string of the molecule is COC(=O)c1ccc(N)cc1S(=O)(=O)NCC1CCOC1. The normalized spacial score (nSPS) is 18.6. The van der Waals surface area contributed by atoms with Crippen molar-refractivity contribution in [2.24, 2.45) is 5.92 Å². The molecule has 1 atom stereocenters.